The molecule has 3 aromatic carbocycles. The number of fused-ring (bicyclic) bond motifs is 2. The fraction of sp³-hybridized carbons (Fsp3) is 0.194. The summed E-state index contributed by atoms with van der Waals surface area (Å²) in [6.07, 6.45) is 2.09. The molecule has 0 saturated carbocycles. The predicted molar refractivity (Wildman–Crippen MR) is 156 cm³/mol. The zero-order chi connectivity index (χ0) is 26.1. The Morgan fingerprint density at radius 2 is 1.82 bits per heavy atom. The Hall–Kier alpha value is -4.23. The number of para-hydroxylation sites is 1. The summed E-state index contributed by atoms with van der Waals surface area (Å²) in [7, 11) is 1.94. The minimum Gasteiger partial charge on any atom is -0.489 e. The Morgan fingerprint density at radius 3 is 2.61 bits per heavy atom. The molecule has 6 nitrogen and oxygen atoms in total. The molecule has 0 radical (unpaired) electrons. The summed E-state index contributed by atoms with van der Waals surface area (Å²) in [4.78, 5) is 15.7. The van der Waals surface area contributed by atoms with E-state index in [0.717, 1.165) is 64.5 Å². The average molecular weight is 523 g/mol. The number of benzene rings is 3. The van der Waals surface area contributed by atoms with E-state index in [-0.39, 0.29) is 5.91 Å². The fourth-order valence-electron chi connectivity index (χ4n) is 5.14. The number of anilines is 3. The van der Waals surface area contributed by atoms with Gasteiger partial charge >= 0.3 is 0 Å². The van der Waals surface area contributed by atoms with Crippen molar-refractivity contribution < 1.29 is 9.53 Å². The Morgan fingerprint density at radius 1 is 1.03 bits per heavy atom. The van der Waals surface area contributed by atoms with Gasteiger partial charge in [0.2, 0.25) is 0 Å². The molecule has 5 aromatic rings. The molecule has 6 rings (SSSR count). The number of amides is 1. The van der Waals surface area contributed by atoms with Crippen molar-refractivity contribution in [2.45, 2.75) is 26.0 Å². The lowest BCUT2D eigenvalue weighted by molar-refractivity contribution is 0.102. The maximum absolute atomic E-state index is 13.3. The lowest BCUT2D eigenvalue weighted by atomic mass is 9.99. The van der Waals surface area contributed by atoms with Crippen LogP contribution in [0, 0.1) is 0 Å². The number of carbonyl (C=O) groups excluding carboxylic acids is 1. The van der Waals surface area contributed by atoms with Crippen LogP contribution >= 0.6 is 11.3 Å². The van der Waals surface area contributed by atoms with Gasteiger partial charge in [-0.05, 0) is 77.4 Å². The first-order valence-corrected chi connectivity index (χ1v) is 13.7. The van der Waals surface area contributed by atoms with Crippen LogP contribution in [0.1, 0.15) is 33.6 Å². The molecule has 3 N–H and O–H groups in total. The minimum absolute atomic E-state index is 0.0857. The number of carbonyl (C=O) groups is 1. The average Bonchev–Trinajstić information content (AvgIpc) is 3.52. The van der Waals surface area contributed by atoms with Crippen molar-refractivity contribution in [3.8, 4) is 5.75 Å². The highest BCUT2D eigenvalue weighted by Crippen LogP contribution is 2.36. The molecule has 0 aliphatic carbocycles. The zero-order valence-corrected chi connectivity index (χ0v) is 22.1. The van der Waals surface area contributed by atoms with E-state index in [1.54, 1.807) is 11.3 Å². The highest BCUT2D eigenvalue weighted by molar-refractivity contribution is 7.17. The largest absolute Gasteiger partial charge is 0.489 e. The topological polar surface area (TPSA) is 72.5 Å². The van der Waals surface area contributed by atoms with Crippen LogP contribution < -0.4 is 20.7 Å². The summed E-state index contributed by atoms with van der Waals surface area (Å²) >= 11 is 1.65. The Kier molecular flexibility index (Phi) is 6.52. The highest BCUT2D eigenvalue weighted by Gasteiger charge is 2.23. The van der Waals surface area contributed by atoms with E-state index in [1.165, 1.54) is 11.1 Å². The van der Waals surface area contributed by atoms with Gasteiger partial charge in [-0.1, -0.05) is 36.4 Å². The molecular weight excluding hydrogens is 492 g/mol. The molecule has 2 aromatic heterocycles. The Bertz CT molecular complexity index is 1580. The monoisotopic (exact) mass is 522 g/mol. The van der Waals surface area contributed by atoms with Gasteiger partial charge in [-0.2, -0.15) is 0 Å². The summed E-state index contributed by atoms with van der Waals surface area (Å²) in [6, 6.07) is 26.2. The quantitative estimate of drug-likeness (QED) is 0.236. The second-order valence-electron chi connectivity index (χ2n) is 9.73. The first-order valence-electron chi connectivity index (χ1n) is 12.8. The van der Waals surface area contributed by atoms with Crippen molar-refractivity contribution in [3.63, 3.8) is 0 Å². The van der Waals surface area contributed by atoms with E-state index < -0.39 is 0 Å². The number of hydrogen-bond donors (Lipinski definition) is 2. The molecule has 1 aliphatic rings. The maximum atomic E-state index is 13.3. The highest BCUT2D eigenvalue weighted by atomic mass is 32.1. The maximum Gasteiger partial charge on any atom is 0.272 e. The third kappa shape index (κ3) is 4.85. The number of rotatable bonds is 7. The van der Waals surface area contributed by atoms with Crippen LogP contribution in [0.15, 0.2) is 84.2 Å². The number of nitrogens with one attached hydrogen (secondary N) is 1. The van der Waals surface area contributed by atoms with Crippen molar-refractivity contribution in [1.29, 1.82) is 0 Å². The number of hydrogen-bond acceptors (Lipinski definition) is 5. The van der Waals surface area contributed by atoms with Gasteiger partial charge in [-0.25, -0.2) is 0 Å². The standard InChI is InChI=1S/C31H30N4O2S/c1-34-27-15-17-38-29(27)18-28(34)31(36)33-26-6-2-4-23-5-3-16-35(30(23)26)19-21-9-13-25(14-10-21)37-20-22-7-11-24(32)12-8-22/h2,4,6-15,17-18H,3,5,16,19-20,32H2,1H3,(H,33,36). The van der Waals surface area contributed by atoms with E-state index >= 15 is 0 Å². The molecule has 192 valence electrons. The van der Waals surface area contributed by atoms with Crippen molar-refractivity contribution in [3.05, 3.63) is 107 Å². The summed E-state index contributed by atoms with van der Waals surface area (Å²) in [5, 5.41) is 5.27. The molecule has 38 heavy (non-hydrogen) atoms. The predicted octanol–water partition coefficient (Wildman–Crippen LogP) is 6.61. The molecule has 0 bridgehead atoms. The van der Waals surface area contributed by atoms with Gasteiger partial charge in [0.1, 0.15) is 18.1 Å². The first kappa shape index (κ1) is 24.1. The number of thiophene rings is 1. The van der Waals surface area contributed by atoms with Crippen molar-refractivity contribution in [2.24, 2.45) is 7.05 Å². The Balaban J connectivity index is 1.17. The van der Waals surface area contributed by atoms with Crippen LogP contribution in [0.2, 0.25) is 0 Å². The minimum atomic E-state index is -0.0857. The second kappa shape index (κ2) is 10.3. The summed E-state index contributed by atoms with van der Waals surface area (Å²) in [6.45, 7) is 2.20. The van der Waals surface area contributed by atoms with Crippen LogP contribution in [-0.2, 0) is 26.6 Å². The molecule has 0 atom stereocenters. The second-order valence-corrected chi connectivity index (χ2v) is 10.7. The lowest BCUT2D eigenvalue weighted by Crippen LogP contribution is -2.30. The van der Waals surface area contributed by atoms with E-state index in [2.05, 4.69) is 39.9 Å². The molecule has 1 aliphatic heterocycles. The summed E-state index contributed by atoms with van der Waals surface area (Å²) < 4.78 is 9.04. The summed E-state index contributed by atoms with van der Waals surface area (Å²) in [5.74, 6) is 0.748. The van der Waals surface area contributed by atoms with E-state index in [4.69, 9.17) is 10.5 Å². The first-order chi connectivity index (χ1) is 18.5. The van der Waals surface area contributed by atoms with Crippen LogP contribution in [0.25, 0.3) is 10.2 Å². The van der Waals surface area contributed by atoms with Gasteiger partial charge in [0.05, 0.1) is 21.6 Å². The van der Waals surface area contributed by atoms with Crippen molar-refractivity contribution >= 4 is 44.5 Å². The molecule has 1 amide bonds. The van der Waals surface area contributed by atoms with E-state index in [1.807, 2.05) is 66.2 Å². The number of nitrogens with zero attached hydrogens (tertiary/aromatic N) is 2. The van der Waals surface area contributed by atoms with E-state index in [9.17, 15) is 4.79 Å². The van der Waals surface area contributed by atoms with Gasteiger partial charge in [0.25, 0.3) is 5.91 Å². The number of aryl methyl sites for hydroxylation is 2. The zero-order valence-electron chi connectivity index (χ0n) is 21.3. The van der Waals surface area contributed by atoms with Crippen LogP contribution in [0.5, 0.6) is 5.75 Å². The molecule has 0 unspecified atom stereocenters. The fourth-order valence-corrected chi connectivity index (χ4v) is 5.99. The number of nitrogens with two attached hydrogens (primary N) is 1. The van der Waals surface area contributed by atoms with Gasteiger partial charge in [0, 0.05) is 25.8 Å². The molecule has 0 saturated heterocycles. The van der Waals surface area contributed by atoms with Crippen molar-refractivity contribution in [1.82, 2.24) is 4.57 Å². The van der Waals surface area contributed by atoms with Gasteiger partial charge < -0.3 is 25.3 Å². The van der Waals surface area contributed by atoms with Crippen LogP contribution in [0.4, 0.5) is 17.1 Å². The molecule has 3 heterocycles. The normalized spacial score (nSPS) is 12.9. The number of nitrogen functional groups attached to an aromatic ring is 1. The summed E-state index contributed by atoms with van der Waals surface area (Å²) in [5.41, 5.74) is 13.8. The number of ether oxygens (including phenoxy) is 1. The Labute approximate surface area is 226 Å². The van der Waals surface area contributed by atoms with Crippen molar-refractivity contribution in [2.75, 3.05) is 22.5 Å². The molecule has 7 heteroatoms. The van der Waals surface area contributed by atoms with Crippen LogP contribution in [0.3, 0.4) is 0 Å². The molecular formula is C31H30N4O2S. The number of aromatic nitrogens is 1. The smallest absolute Gasteiger partial charge is 0.272 e. The SMILES string of the molecule is Cn1c(C(=O)Nc2cccc3c2N(Cc2ccc(OCc4ccc(N)cc4)cc2)CCC3)cc2sccc21. The molecule has 0 fully saturated rings. The van der Waals surface area contributed by atoms with Gasteiger partial charge in [-0.3, -0.25) is 4.79 Å². The molecule has 0 spiro atoms. The third-order valence-corrected chi connectivity index (χ3v) is 7.99. The lowest BCUT2D eigenvalue weighted by Gasteiger charge is -2.33. The van der Waals surface area contributed by atoms with Gasteiger partial charge in [0.15, 0.2) is 0 Å². The third-order valence-electron chi connectivity index (χ3n) is 7.14. The van der Waals surface area contributed by atoms with Crippen LogP contribution in [-0.4, -0.2) is 17.0 Å². The van der Waals surface area contributed by atoms with Gasteiger partial charge in [-0.15, -0.1) is 11.3 Å². The van der Waals surface area contributed by atoms with E-state index in [0.29, 0.717) is 12.3 Å².